The van der Waals surface area contributed by atoms with Crippen LogP contribution in [0.4, 0.5) is 0 Å². The molecule has 0 atom stereocenters. The van der Waals surface area contributed by atoms with Crippen molar-refractivity contribution in [3.05, 3.63) is 58.1 Å². The molecule has 0 N–H and O–H groups in total. The fourth-order valence-corrected chi connectivity index (χ4v) is 3.97. The molecule has 0 radical (unpaired) electrons. The van der Waals surface area contributed by atoms with Gasteiger partial charge in [-0.2, -0.15) is 4.31 Å². The first-order chi connectivity index (χ1) is 10.4. The summed E-state index contributed by atoms with van der Waals surface area (Å²) in [6.45, 7) is 2.30. The number of rotatable bonds is 5. The average Bonchev–Trinajstić information content (AvgIpc) is 2.49. The van der Waals surface area contributed by atoms with Gasteiger partial charge in [0.15, 0.2) is 0 Å². The zero-order valence-corrected chi connectivity index (χ0v) is 15.1. The Morgan fingerprint density at radius 1 is 1.18 bits per heavy atom. The lowest BCUT2D eigenvalue weighted by Gasteiger charge is -2.19. The summed E-state index contributed by atoms with van der Waals surface area (Å²) in [5.74, 6) is 0.598. The molecule has 0 heterocycles. The van der Waals surface area contributed by atoms with Gasteiger partial charge in [0.2, 0.25) is 10.0 Å². The van der Waals surface area contributed by atoms with E-state index >= 15 is 0 Å². The van der Waals surface area contributed by atoms with Gasteiger partial charge in [0.05, 0.1) is 16.5 Å². The van der Waals surface area contributed by atoms with Gasteiger partial charge in [-0.1, -0.05) is 24.3 Å². The lowest BCUT2D eigenvalue weighted by atomic mass is 10.1. The highest BCUT2D eigenvalue weighted by Gasteiger charge is 2.22. The molecule has 118 valence electrons. The van der Waals surface area contributed by atoms with Gasteiger partial charge in [-0.3, -0.25) is 0 Å². The molecule has 0 amide bonds. The second-order valence-electron chi connectivity index (χ2n) is 4.98. The number of sulfonamides is 1. The molecule has 4 nitrogen and oxygen atoms in total. The molecule has 2 aromatic rings. The number of hydrogen-bond acceptors (Lipinski definition) is 3. The monoisotopic (exact) mass is 383 g/mol. The molecule has 22 heavy (non-hydrogen) atoms. The fraction of sp³-hybridized carbons (Fsp3) is 0.250. The van der Waals surface area contributed by atoms with E-state index in [2.05, 4.69) is 15.9 Å². The molecular formula is C16H18BrNO3S. The molecule has 0 aromatic heterocycles. The number of nitrogens with zero attached hydrogens (tertiary/aromatic N) is 1. The fourth-order valence-electron chi connectivity index (χ4n) is 2.10. The van der Waals surface area contributed by atoms with Crippen LogP contribution >= 0.6 is 15.9 Å². The van der Waals surface area contributed by atoms with Crippen molar-refractivity contribution in [3.63, 3.8) is 0 Å². The molecule has 0 fully saturated rings. The summed E-state index contributed by atoms with van der Waals surface area (Å²) in [7, 11) is -0.430. The molecule has 0 saturated heterocycles. The lowest BCUT2D eigenvalue weighted by Crippen LogP contribution is -2.26. The Kier molecular flexibility index (Phi) is 5.26. The zero-order chi connectivity index (χ0) is 16.3. The first-order valence-corrected chi connectivity index (χ1v) is 8.94. The van der Waals surface area contributed by atoms with Crippen LogP contribution in [0.2, 0.25) is 0 Å². The van der Waals surface area contributed by atoms with Crippen molar-refractivity contribution in [3.8, 4) is 5.75 Å². The second kappa shape index (κ2) is 6.81. The van der Waals surface area contributed by atoms with Crippen molar-refractivity contribution in [2.24, 2.45) is 0 Å². The molecule has 6 heteroatoms. The summed E-state index contributed by atoms with van der Waals surface area (Å²) in [4.78, 5) is 0.233. The predicted molar refractivity (Wildman–Crippen MR) is 90.5 cm³/mol. The van der Waals surface area contributed by atoms with E-state index in [4.69, 9.17) is 4.74 Å². The Balaban J connectivity index is 2.30. The van der Waals surface area contributed by atoms with Crippen LogP contribution in [0.1, 0.15) is 11.1 Å². The highest BCUT2D eigenvalue weighted by atomic mass is 79.9. The normalized spacial score (nSPS) is 11.7. The van der Waals surface area contributed by atoms with E-state index in [1.54, 1.807) is 32.4 Å². The SMILES string of the molecule is COc1ccc(S(=O)(=O)N(C)Cc2ccccc2C)cc1Br. The van der Waals surface area contributed by atoms with Gasteiger partial charge in [0, 0.05) is 13.6 Å². The summed E-state index contributed by atoms with van der Waals surface area (Å²) in [6.07, 6.45) is 0. The molecule has 0 unspecified atom stereocenters. The molecule has 2 aromatic carbocycles. The first kappa shape index (κ1) is 17.0. The van der Waals surface area contributed by atoms with Crippen LogP contribution in [0, 0.1) is 6.92 Å². The minimum absolute atomic E-state index is 0.233. The third-order valence-corrected chi connectivity index (χ3v) is 5.90. The molecule has 2 rings (SSSR count). The number of methoxy groups -OCH3 is 1. The summed E-state index contributed by atoms with van der Waals surface area (Å²) in [5, 5.41) is 0. The topological polar surface area (TPSA) is 46.6 Å². The third-order valence-electron chi connectivity index (χ3n) is 3.49. The van der Waals surface area contributed by atoms with E-state index < -0.39 is 10.0 Å². The van der Waals surface area contributed by atoms with Crippen molar-refractivity contribution in [2.45, 2.75) is 18.4 Å². The first-order valence-electron chi connectivity index (χ1n) is 6.70. The van der Waals surface area contributed by atoms with Gasteiger partial charge in [-0.05, 0) is 52.2 Å². The summed E-state index contributed by atoms with van der Waals surface area (Å²) >= 11 is 3.32. The smallest absolute Gasteiger partial charge is 0.243 e. The van der Waals surface area contributed by atoms with Crippen LogP contribution in [0.25, 0.3) is 0 Å². The Hall–Kier alpha value is -1.37. The summed E-state index contributed by atoms with van der Waals surface area (Å²) in [6, 6.07) is 12.5. The van der Waals surface area contributed by atoms with Crippen molar-refractivity contribution in [2.75, 3.05) is 14.2 Å². The Morgan fingerprint density at radius 2 is 1.86 bits per heavy atom. The quantitative estimate of drug-likeness (QED) is 0.792. The molecule has 0 spiro atoms. The Bertz CT molecular complexity index is 775. The minimum Gasteiger partial charge on any atom is -0.496 e. The number of halogens is 1. The van der Waals surface area contributed by atoms with E-state index in [0.29, 0.717) is 16.8 Å². The highest BCUT2D eigenvalue weighted by molar-refractivity contribution is 9.10. The standard InChI is InChI=1S/C16H18BrNO3S/c1-12-6-4-5-7-13(12)11-18(2)22(19,20)14-8-9-16(21-3)15(17)10-14/h4-10H,11H2,1-3H3. The molecule has 0 bridgehead atoms. The molecule has 0 aliphatic carbocycles. The number of hydrogen-bond donors (Lipinski definition) is 0. The average molecular weight is 384 g/mol. The van der Waals surface area contributed by atoms with E-state index in [0.717, 1.165) is 11.1 Å². The van der Waals surface area contributed by atoms with E-state index in [1.165, 1.54) is 4.31 Å². The van der Waals surface area contributed by atoms with Crippen LogP contribution in [-0.2, 0) is 16.6 Å². The second-order valence-corrected chi connectivity index (χ2v) is 7.88. The van der Waals surface area contributed by atoms with E-state index in [9.17, 15) is 8.42 Å². The maximum Gasteiger partial charge on any atom is 0.243 e. The van der Waals surface area contributed by atoms with Gasteiger partial charge in [-0.25, -0.2) is 8.42 Å². The zero-order valence-electron chi connectivity index (χ0n) is 12.7. The Morgan fingerprint density at radius 3 is 2.45 bits per heavy atom. The maximum absolute atomic E-state index is 12.7. The van der Waals surface area contributed by atoms with Gasteiger partial charge in [0.25, 0.3) is 0 Å². The molecular weight excluding hydrogens is 366 g/mol. The molecule has 0 saturated carbocycles. The van der Waals surface area contributed by atoms with Crippen LogP contribution in [-0.4, -0.2) is 26.9 Å². The lowest BCUT2D eigenvalue weighted by molar-refractivity contribution is 0.411. The Labute approximate surface area is 139 Å². The van der Waals surface area contributed by atoms with Gasteiger partial charge >= 0.3 is 0 Å². The predicted octanol–water partition coefficient (Wildman–Crippen LogP) is 3.59. The molecule has 0 aliphatic rings. The largest absolute Gasteiger partial charge is 0.496 e. The van der Waals surface area contributed by atoms with Crippen molar-refractivity contribution in [1.82, 2.24) is 4.31 Å². The maximum atomic E-state index is 12.7. The molecule has 0 aliphatic heterocycles. The third kappa shape index (κ3) is 3.51. The summed E-state index contributed by atoms with van der Waals surface area (Å²) in [5.41, 5.74) is 2.06. The number of ether oxygens (including phenoxy) is 1. The number of benzene rings is 2. The van der Waals surface area contributed by atoms with E-state index in [-0.39, 0.29) is 4.90 Å². The van der Waals surface area contributed by atoms with Crippen molar-refractivity contribution < 1.29 is 13.2 Å². The van der Waals surface area contributed by atoms with Crippen LogP contribution in [0.15, 0.2) is 51.8 Å². The van der Waals surface area contributed by atoms with Gasteiger partial charge in [0.1, 0.15) is 5.75 Å². The van der Waals surface area contributed by atoms with Crippen molar-refractivity contribution >= 4 is 26.0 Å². The highest BCUT2D eigenvalue weighted by Crippen LogP contribution is 2.29. The van der Waals surface area contributed by atoms with Crippen molar-refractivity contribution in [1.29, 1.82) is 0 Å². The van der Waals surface area contributed by atoms with Gasteiger partial charge < -0.3 is 4.74 Å². The number of aryl methyl sites for hydroxylation is 1. The van der Waals surface area contributed by atoms with Gasteiger partial charge in [-0.15, -0.1) is 0 Å². The van der Waals surface area contributed by atoms with Crippen LogP contribution < -0.4 is 4.74 Å². The minimum atomic E-state index is -3.55. The van der Waals surface area contributed by atoms with E-state index in [1.807, 2.05) is 31.2 Å². The van der Waals surface area contributed by atoms with Crippen LogP contribution in [0.5, 0.6) is 5.75 Å². The summed E-state index contributed by atoms with van der Waals surface area (Å²) < 4.78 is 32.4. The van der Waals surface area contributed by atoms with Crippen LogP contribution in [0.3, 0.4) is 0 Å².